The highest BCUT2D eigenvalue weighted by Crippen LogP contribution is 2.40. The lowest BCUT2D eigenvalue weighted by atomic mass is 9.78. The zero-order valence-corrected chi connectivity index (χ0v) is 34.1. The topological polar surface area (TPSA) is 127 Å². The first-order valence-electron chi connectivity index (χ1n) is 20.7. The van der Waals surface area contributed by atoms with Crippen molar-refractivity contribution in [1.82, 2.24) is 5.32 Å². The molecule has 0 spiro atoms. The van der Waals surface area contributed by atoms with Crippen LogP contribution < -0.4 is 10.1 Å². The van der Waals surface area contributed by atoms with Crippen LogP contribution in [0.2, 0.25) is 0 Å². The number of carbonyl (C=O) groups is 1. The van der Waals surface area contributed by atoms with E-state index in [9.17, 15) is 15.0 Å². The predicted molar refractivity (Wildman–Crippen MR) is 222 cm³/mol. The number of aryl methyl sites for hydroxylation is 1. The van der Waals surface area contributed by atoms with E-state index in [2.05, 4.69) is 40.5 Å². The normalized spacial score (nSPS) is 20.7. The molecule has 3 aromatic carbocycles. The van der Waals surface area contributed by atoms with Gasteiger partial charge in [0.25, 0.3) is 0 Å². The van der Waals surface area contributed by atoms with Gasteiger partial charge in [0, 0.05) is 44.1 Å². The minimum absolute atomic E-state index is 0.264. The molecule has 2 bridgehead atoms. The van der Waals surface area contributed by atoms with E-state index in [4.69, 9.17) is 19.5 Å². The predicted octanol–water partition coefficient (Wildman–Crippen LogP) is 7.07. The van der Waals surface area contributed by atoms with Gasteiger partial charge in [0.2, 0.25) is 6.79 Å². The number of piperidine rings is 3. The van der Waals surface area contributed by atoms with E-state index in [1.54, 1.807) is 11.8 Å². The van der Waals surface area contributed by atoms with Crippen LogP contribution in [0.25, 0.3) is 0 Å². The minimum Gasteiger partial charge on any atom is -0.464 e. The van der Waals surface area contributed by atoms with E-state index < -0.39 is 11.5 Å². The first-order chi connectivity index (χ1) is 27.4. The molecule has 10 nitrogen and oxygen atoms in total. The Hall–Kier alpha value is -3.00. The van der Waals surface area contributed by atoms with Crippen molar-refractivity contribution in [3.8, 4) is 5.75 Å². The number of nitrogens with one attached hydrogen (secondary N) is 1. The molecule has 3 atom stereocenters. The number of ether oxygens (including phenoxy) is 3. The fourth-order valence-corrected chi connectivity index (χ4v) is 8.98. The third-order valence-corrected chi connectivity index (χ3v) is 12.5. The highest BCUT2D eigenvalue weighted by atomic mass is 32.2. The zero-order chi connectivity index (χ0) is 39.5. The maximum atomic E-state index is 14.1. The molecule has 0 saturated carbocycles. The molecule has 4 N–H and O–H groups in total. The van der Waals surface area contributed by atoms with Crippen molar-refractivity contribution in [2.45, 2.75) is 88.4 Å². The van der Waals surface area contributed by atoms with Gasteiger partial charge in [-0.15, -0.1) is 0 Å². The second-order valence-electron chi connectivity index (χ2n) is 15.7. The lowest BCUT2D eigenvalue weighted by Gasteiger charge is -2.52. The molecule has 56 heavy (non-hydrogen) atoms. The maximum Gasteiger partial charge on any atom is 0.319 e. The Morgan fingerprint density at radius 1 is 0.946 bits per heavy atom. The number of nitrogens with zero attached hydrogens (tertiary/aromatic N) is 1. The molecule has 3 aromatic rings. The van der Waals surface area contributed by atoms with Gasteiger partial charge in [0.05, 0.1) is 25.8 Å². The van der Waals surface area contributed by atoms with Crippen LogP contribution >= 0.6 is 11.8 Å². The monoisotopic (exact) mass is 793 g/mol. The lowest BCUT2D eigenvalue weighted by Crippen LogP contribution is -2.64. The summed E-state index contributed by atoms with van der Waals surface area (Å²) in [5, 5.41) is 34.4. The number of rotatable bonds is 27. The first-order valence-corrected chi connectivity index (χ1v) is 22.1. The Balaban J connectivity index is 1.09. The van der Waals surface area contributed by atoms with Crippen molar-refractivity contribution in [2.24, 2.45) is 5.92 Å². The highest BCUT2D eigenvalue weighted by molar-refractivity contribution is 7.98. The van der Waals surface area contributed by atoms with Gasteiger partial charge in [0.15, 0.2) is 6.10 Å². The van der Waals surface area contributed by atoms with Gasteiger partial charge in [-0.05, 0) is 85.9 Å². The number of aliphatic hydroxyl groups is 2. The summed E-state index contributed by atoms with van der Waals surface area (Å²) < 4.78 is 18.8. The smallest absolute Gasteiger partial charge is 0.319 e. The summed E-state index contributed by atoms with van der Waals surface area (Å²) in [6.45, 7) is 5.48. The summed E-state index contributed by atoms with van der Waals surface area (Å²) in [5.74, 6) is 1.24. The molecule has 3 aliphatic rings. The highest BCUT2D eigenvalue weighted by Gasteiger charge is 2.50. The van der Waals surface area contributed by atoms with E-state index in [1.165, 1.54) is 5.56 Å². The van der Waals surface area contributed by atoms with Crippen LogP contribution in [0.1, 0.15) is 86.1 Å². The Bertz CT molecular complexity index is 1560. The number of carbonyl (C=O) groups excluding carboxylic acids is 1. The van der Waals surface area contributed by atoms with Crippen LogP contribution in [-0.2, 0) is 37.5 Å². The number of unbranched alkanes of at least 4 members (excludes halogenated alkanes) is 4. The van der Waals surface area contributed by atoms with Crippen LogP contribution in [0.5, 0.6) is 5.75 Å². The molecule has 11 heteroatoms. The third-order valence-electron chi connectivity index (χ3n) is 11.8. The van der Waals surface area contributed by atoms with Gasteiger partial charge in [-0.3, -0.25) is 4.79 Å². The molecule has 3 saturated heterocycles. The summed E-state index contributed by atoms with van der Waals surface area (Å²) >= 11 is 1.65. The molecule has 3 fully saturated rings. The van der Waals surface area contributed by atoms with E-state index in [0.29, 0.717) is 31.8 Å². The van der Waals surface area contributed by atoms with Gasteiger partial charge in [-0.2, -0.15) is 16.6 Å². The van der Waals surface area contributed by atoms with Gasteiger partial charge < -0.3 is 34.2 Å². The third kappa shape index (κ3) is 12.8. The number of hydrogen-bond acceptors (Lipinski definition) is 10. The number of fused-ring (bicyclic) bond motifs is 3. The van der Waals surface area contributed by atoms with Crippen molar-refractivity contribution < 1.29 is 43.8 Å². The van der Waals surface area contributed by atoms with Gasteiger partial charge in [-0.25, -0.2) is 5.26 Å². The second-order valence-corrected chi connectivity index (χ2v) is 16.7. The average molecular weight is 794 g/mol. The summed E-state index contributed by atoms with van der Waals surface area (Å²) in [4.78, 5) is 18.3. The van der Waals surface area contributed by atoms with E-state index in [0.717, 1.165) is 118 Å². The second kappa shape index (κ2) is 23.4. The molecule has 0 aromatic heterocycles. The van der Waals surface area contributed by atoms with E-state index in [-0.39, 0.29) is 31.4 Å². The molecule has 0 amide bonds. The molecule has 0 aliphatic carbocycles. The fourth-order valence-electron chi connectivity index (χ4n) is 8.43. The number of quaternary nitrogens is 1. The molecule has 3 heterocycles. The van der Waals surface area contributed by atoms with Crippen molar-refractivity contribution in [1.29, 1.82) is 0 Å². The van der Waals surface area contributed by atoms with Crippen LogP contribution in [0.3, 0.4) is 0 Å². The Kier molecular flexibility index (Phi) is 18.4. The maximum absolute atomic E-state index is 14.1. The van der Waals surface area contributed by atoms with Crippen molar-refractivity contribution in [2.75, 3.05) is 71.3 Å². The summed E-state index contributed by atoms with van der Waals surface area (Å²) in [5.41, 5.74) is 2.77. The van der Waals surface area contributed by atoms with Crippen molar-refractivity contribution >= 4 is 17.7 Å². The summed E-state index contributed by atoms with van der Waals surface area (Å²) in [6.07, 6.45) is 11.1. The fraction of sp³-hybridized carbons (Fsp3) is 0.578. The number of thioether (sulfide) groups is 1. The number of benzene rings is 3. The van der Waals surface area contributed by atoms with Crippen molar-refractivity contribution in [3.05, 3.63) is 101 Å². The first kappa shape index (κ1) is 44.1. The number of aliphatic hydroxyl groups excluding tert-OH is 2. The van der Waals surface area contributed by atoms with Crippen LogP contribution in [0.4, 0.5) is 0 Å². The SMILES string of the molecule is CSCC[C@](CO)(C(=O)O[C@H]1C[N+]2(Cc3cc(C(O)CNCCCCCCOCCCCc4ccccc4)ccc3OCOO)CCC1CC2)c1ccccc1. The molecule has 3 aliphatic heterocycles. The number of hydrogen-bond donors (Lipinski definition) is 4. The molecule has 1 unspecified atom stereocenters. The zero-order valence-electron chi connectivity index (χ0n) is 33.3. The van der Waals surface area contributed by atoms with Crippen LogP contribution in [0, 0.1) is 5.92 Å². The summed E-state index contributed by atoms with van der Waals surface area (Å²) in [7, 11) is 0. The quantitative estimate of drug-likeness (QED) is 0.0159. The minimum atomic E-state index is -1.11. The molecule has 308 valence electrons. The average Bonchev–Trinajstić information content (AvgIpc) is 3.23. The van der Waals surface area contributed by atoms with Gasteiger partial charge in [0.1, 0.15) is 24.3 Å². The van der Waals surface area contributed by atoms with Crippen molar-refractivity contribution in [3.63, 3.8) is 0 Å². The number of esters is 1. The summed E-state index contributed by atoms with van der Waals surface area (Å²) in [6, 6.07) is 25.8. The molecular formula is C45H65N2O8S+. The van der Waals surface area contributed by atoms with E-state index in [1.807, 2.05) is 54.8 Å². The van der Waals surface area contributed by atoms with Crippen LogP contribution in [0.15, 0.2) is 78.9 Å². The van der Waals surface area contributed by atoms with E-state index >= 15 is 0 Å². The molecule has 0 radical (unpaired) electrons. The largest absolute Gasteiger partial charge is 0.464 e. The Morgan fingerprint density at radius 3 is 2.38 bits per heavy atom. The van der Waals surface area contributed by atoms with Crippen LogP contribution in [-0.4, -0.2) is 103 Å². The van der Waals surface area contributed by atoms with Gasteiger partial charge >= 0.3 is 5.97 Å². The van der Waals surface area contributed by atoms with Gasteiger partial charge in [-0.1, -0.05) is 79.6 Å². The Morgan fingerprint density at radius 2 is 1.66 bits per heavy atom. The standard InChI is InChI=1S/C45H64N2O8S/c1-56-29-23-45(34-48,40-17-8-5-9-18-40)44(50)55-43-33-47(25-21-37(43)22-26-47)32-39-30-38(19-20-42(39)53-35-54-51)41(49)31-46-24-11-2-3-12-27-52-28-13-10-16-36-14-6-4-7-15-36/h4-9,14-15,17-20,30,37,41,43,46,48-49H,2-3,10-13,16,21-29,31-35H2,1H3/p+1/t37?,41?,43-,45+,47?/m0/s1. The lowest BCUT2D eigenvalue weighted by molar-refractivity contribution is -0.958. The molecular weight excluding hydrogens is 729 g/mol. The molecule has 6 rings (SSSR count). The Labute approximate surface area is 338 Å².